The molecule has 0 unspecified atom stereocenters. The Labute approximate surface area is 153 Å². The van der Waals surface area contributed by atoms with Crippen molar-refractivity contribution in [3.8, 4) is 5.75 Å². The van der Waals surface area contributed by atoms with E-state index in [1.165, 1.54) is 0 Å². The molecule has 0 bridgehead atoms. The average molecular weight is 352 g/mol. The van der Waals surface area contributed by atoms with Crippen molar-refractivity contribution in [2.45, 2.75) is 19.3 Å². The van der Waals surface area contributed by atoms with Crippen LogP contribution in [0.3, 0.4) is 0 Å². The molecule has 0 spiro atoms. The van der Waals surface area contributed by atoms with Gasteiger partial charge in [0.25, 0.3) is 5.91 Å². The molecule has 2 amide bonds. The van der Waals surface area contributed by atoms with E-state index in [1.807, 2.05) is 65.6 Å². The normalized spacial score (nSPS) is 19.8. The number of carbonyl (C=O) groups excluding carboxylic acids is 2. The number of ether oxygens (including phenoxy) is 1. The maximum atomic E-state index is 12.8. The highest BCUT2D eigenvalue weighted by atomic mass is 16.5. The molecule has 0 radical (unpaired) electrons. The number of likely N-dealkylation sites (tertiary alicyclic amines) is 1. The molecular formula is C21H24N2O3. The van der Waals surface area contributed by atoms with Crippen molar-refractivity contribution in [1.29, 1.82) is 0 Å². The lowest BCUT2D eigenvalue weighted by Crippen LogP contribution is -2.50. The fraction of sp³-hybridized carbons (Fsp3) is 0.333. The molecule has 0 aliphatic carbocycles. The lowest BCUT2D eigenvalue weighted by molar-refractivity contribution is -0.122. The van der Waals surface area contributed by atoms with Crippen LogP contribution in [0, 0.1) is 5.41 Å². The molecule has 1 fully saturated rings. The molecule has 0 aromatic heterocycles. The molecule has 2 N–H and O–H groups in total. The van der Waals surface area contributed by atoms with Crippen LogP contribution in [0.4, 0.5) is 0 Å². The Morgan fingerprint density at radius 2 is 1.69 bits per heavy atom. The van der Waals surface area contributed by atoms with E-state index in [-0.39, 0.29) is 18.2 Å². The Morgan fingerprint density at radius 3 is 2.35 bits per heavy atom. The number of nitrogens with zero attached hydrogens (tertiary/aromatic N) is 1. The number of piperidine rings is 1. The molecule has 3 rings (SSSR count). The zero-order valence-corrected chi connectivity index (χ0v) is 14.8. The summed E-state index contributed by atoms with van der Waals surface area (Å²) in [5.41, 5.74) is 5.72. The average Bonchev–Trinajstić information content (AvgIpc) is 2.67. The first-order valence-electron chi connectivity index (χ1n) is 8.88. The number of amides is 2. The first kappa shape index (κ1) is 18.0. The van der Waals surface area contributed by atoms with Gasteiger partial charge in [-0.15, -0.1) is 0 Å². The molecule has 1 atom stereocenters. The summed E-state index contributed by atoms with van der Waals surface area (Å²) >= 11 is 0. The number of benzene rings is 2. The third-order valence-corrected chi connectivity index (χ3v) is 4.81. The zero-order valence-electron chi connectivity index (χ0n) is 14.8. The fourth-order valence-electron chi connectivity index (χ4n) is 3.58. The van der Waals surface area contributed by atoms with E-state index < -0.39 is 5.41 Å². The van der Waals surface area contributed by atoms with E-state index in [2.05, 4.69) is 0 Å². The number of rotatable bonds is 6. The Hall–Kier alpha value is -2.82. The number of hydrogen-bond acceptors (Lipinski definition) is 3. The van der Waals surface area contributed by atoms with E-state index in [1.54, 1.807) is 0 Å². The summed E-state index contributed by atoms with van der Waals surface area (Å²) in [6, 6.07) is 18.7. The van der Waals surface area contributed by atoms with Gasteiger partial charge in [0.1, 0.15) is 5.75 Å². The third kappa shape index (κ3) is 4.42. The van der Waals surface area contributed by atoms with Crippen LogP contribution >= 0.6 is 0 Å². The molecule has 1 aliphatic heterocycles. The summed E-state index contributed by atoms with van der Waals surface area (Å²) in [4.78, 5) is 26.3. The second kappa shape index (κ2) is 8.04. The summed E-state index contributed by atoms with van der Waals surface area (Å²) in [6.07, 6.45) is 1.84. The second-order valence-corrected chi connectivity index (χ2v) is 6.94. The standard InChI is InChI=1S/C21H24N2O3/c22-19(24)14-21(16-26-18-10-5-2-6-11-18)12-7-13-23(15-21)20(25)17-8-3-1-4-9-17/h1-6,8-11H,7,12-16H2,(H2,22,24)/t21-/m0/s1. The predicted molar refractivity (Wildman–Crippen MR) is 99.8 cm³/mol. The summed E-state index contributed by atoms with van der Waals surface area (Å²) in [5.74, 6) is 0.373. The Bertz CT molecular complexity index is 748. The number of para-hydroxylation sites is 1. The minimum absolute atomic E-state index is 0.0149. The minimum Gasteiger partial charge on any atom is -0.493 e. The van der Waals surface area contributed by atoms with Gasteiger partial charge in [0.2, 0.25) is 5.91 Å². The Balaban J connectivity index is 1.75. The summed E-state index contributed by atoms with van der Waals surface area (Å²) < 4.78 is 5.94. The highest BCUT2D eigenvalue weighted by Gasteiger charge is 2.39. The lowest BCUT2D eigenvalue weighted by atomic mass is 9.77. The topological polar surface area (TPSA) is 72.6 Å². The van der Waals surface area contributed by atoms with Crippen LogP contribution in [-0.4, -0.2) is 36.4 Å². The minimum atomic E-state index is -0.454. The van der Waals surface area contributed by atoms with Crippen LogP contribution in [0.25, 0.3) is 0 Å². The van der Waals surface area contributed by atoms with Gasteiger partial charge >= 0.3 is 0 Å². The van der Waals surface area contributed by atoms with Gasteiger partial charge in [-0.05, 0) is 37.1 Å². The predicted octanol–water partition coefficient (Wildman–Crippen LogP) is 2.86. The Kier molecular flexibility index (Phi) is 5.56. The van der Waals surface area contributed by atoms with Crippen molar-refractivity contribution in [3.63, 3.8) is 0 Å². The van der Waals surface area contributed by atoms with Gasteiger partial charge < -0.3 is 15.4 Å². The highest BCUT2D eigenvalue weighted by molar-refractivity contribution is 5.94. The van der Waals surface area contributed by atoms with Gasteiger partial charge in [-0.2, -0.15) is 0 Å². The van der Waals surface area contributed by atoms with Crippen LogP contribution in [0.2, 0.25) is 0 Å². The van der Waals surface area contributed by atoms with Gasteiger partial charge in [0.15, 0.2) is 0 Å². The van der Waals surface area contributed by atoms with Crippen molar-refractivity contribution < 1.29 is 14.3 Å². The van der Waals surface area contributed by atoms with Crippen LogP contribution in [0.1, 0.15) is 29.6 Å². The molecule has 2 aromatic rings. The van der Waals surface area contributed by atoms with E-state index in [4.69, 9.17) is 10.5 Å². The molecule has 26 heavy (non-hydrogen) atoms. The first-order valence-corrected chi connectivity index (χ1v) is 8.88. The monoisotopic (exact) mass is 352 g/mol. The molecule has 1 aliphatic rings. The molecule has 136 valence electrons. The quantitative estimate of drug-likeness (QED) is 0.869. The number of hydrogen-bond donors (Lipinski definition) is 1. The van der Waals surface area contributed by atoms with Crippen molar-refractivity contribution in [3.05, 3.63) is 66.2 Å². The van der Waals surface area contributed by atoms with Gasteiger partial charge in [-0.1, -0.05) is 36.4 Å². The van der Waals surface area contributed by atoms with Crippen LogP contribution < -0.4 is 10.5 Å². The second-order valence-electron chi connectivity index (χ2n) is 6.94. The fourth-order valence-corrected chi connectivity index (χ4v) is 3.58. The van der Waals surface area contributed by atoms with Gasteiger partial charge in [-0.25, -0.2) is 0 Å². The summed E-state index contributed by atoms with van der Waals surface area (Å²) in [7, 11) is 0. The molecule has 1 heterocycles. The third-order valence-electron chi connectivity index (χ3n) is 4.81. The van der Waals surface area contributed by atoms with Crippen molar-refractivity contribution in [2.75, 3.05) is 19.7 Å². The number of carbonyl (C=O) groups is 2. The van der Waals surface area contributed by atoms with Crippen molar-refractivity contribution >= 4 is 11.8 Å². The Morgan fingerprint density at radius 1 is 1.04 bits per heavy atom. The van der Waals surface area contributed by atoms with E-state index >= 15 is 0 Å². The number of nitrogens with two attached hydrogens (primary N) is 1. The van der Waals surface area contributed by atoms with E-state index in [9.17, 15) is 9.59 Å². The summed E-state index contributed by atoms with van der Waals surface area (Å²) in [5, 5.41) is 0. The molecule has 5 nitrogen and oxygen atoms in total. The maximum Gasteiger partial charge on any atom is 0.253 e. The van der Waals surface area contributed by atoms with Crippen LogP contribution in [0.5, 0.6) is 5.75 Å². The van der Waals surface area contributed by atoms with E-state index in [0.717, 1.165) is 18.6 Å². The largest absolute Gasteiger partial charge is 0.493 e. The molecule has 0 saturated carbocycles. The number of primary amides is 1. The van der Waals surface area contributed by atoms with Crippen LogP contribution in [0.15, 0.2) is 60.7 Å². The van der Waals surface area contributed by atoms with Crippen molar-refractivity contribution in [1.82, 2.24) is 4.90 Å². The summed E-state index contributed by atoms with van der Waals surface area (Å²) in [6.45, 7) is 1.51. The maximum absolute atomic E-state index is 12.8. The van der Waals surface area contributed by atoms with Gasteiger partial charge in [-0.3, -0.25) is 9.59 Å². The molecular weight excluding hydrogens is 328 g/mol. The smallest absolute Gasteiger partial charge is 0.253 e. The lowest BCUT2D eigenvalue weighted by Gasteiger charge is -2.42. The van der Waals surface area contributed by atoms with E-state index in [0.29, 0.717) is 25.3 Å². The van der Waals surface area contributed by atoms with Crippen LogP contribution in [-0.2, 0) is 4.79 Å². The van der Waals surface area contributed by atoms with Gasteiger partial charge in [0, 0.05) is 30.5 Å². The zero-order chi connectivity index (χ0) is 18.4. The first-order chi connectivity index (χ1) is 12.6. The highest BCUT2D eigenvalue weighted by Crippen LogP contribution is 2.35. The van der Waals surface area contributed by atoms with Crippen molar-refractivity contribution in [2.24, 2.45) is 11.1 Å². The van der Waals surface area contributed by atoms with Gasteiger partial charge in [0.05, 0.1) is 6.61 Å². The molecule has 1 saturated heterocycles. The molecule has 2 aromatic carbocycles. The SMILES string of the molecule is NC(=O)C[C@@]1(COc2ccccc2)CCCN(C(=O)c2ccccc2)C1. The molecule has 5 heteroatoms.